The topological polar surface area (TPSA) is 15.3 Å². The summed E-state index contributed by atoms with van der Waals surface area (Å²) in [6.07, 6.45) is 11.6. The Labute approximate surface area is 113 Å². The Bertz CT molecular complexity index is 265. The molecule has 2 atom stereocenters. The maximum Gasteiger partial charge on any atom is 0.0309 e. The number of nitrogens with one attached hydrogen (secondary N) is 1. The van der Waals surface area contributed by atoms with Gasteiger partial charge in [-0.3, -0.25) is 4.90 Å². The minimum Gasteiger partial charge on any atom is -0.309 e. The van der Waals surface area contributed by atoms with E-state index in [9.17, 15) is 0 Å². The van der Waals surface area contributed by atoms with Crippen LogP contribution >= 0.6 is 0 Å². The summed E-state index contributed by atoms with van der Waals surface area (Å²) < 4.78 is 0. The molecule has 0 radical (unpaired) electrons. The van der Waals surface area contributed by atoms with Gasteiger partial charge in [-0.2, -0.15) is 0 Å². The lowest BCUT2D eigenvalue weighted by molar-refractivity contribution is 0.0829. The third-order valence-electron chi connectivity index (χ3n) is 5.80. The lowest BCUT2D eigenvalue weighted by Crippen LogP contribution is -2.61. The summed E-state index contributed by atoms with van der Waals surface area (Å²) in [7, 11) is 0. The summed E-state index contributed by atoms with van der Waals surface area (Å²) in [6, 6.07) is 0. The summed E-state index contributed by atoms with van der Waals surface area (Å²) in [5.41, 5.74) is 0.498. The molecule has 0 aromatic rings. The molecular formula is C16H30N2. The van der Waals surface area contributed by atoms with E-state index < -0.39 is 0 Å². The molecule has 1 saturated heterocycles. The maximum atomic E-state index is 3.86. The van der Waals surface area contributed by atoms with E-state index in [4.69, 9.17) is 0 Å². The lowest BCUT2D eigenvalue weighted by Gasteiger charge is -2.47. The zero-order chi connectivity index (χ0) is 12.4. The Hall–Kier alpha value is -0.0800. The molecule has 0 aromatic heterocycles. The van der Waals surface area contributed by atoms with Crippen molar-refractivity contribution in [3.8, 4) is 0 Å². The SMILES string of the molecule is CC1CCCC1CN1CCNC2(CCCCC2)C1. The van der Waals surface area contributed by atoms with Crippen molar-refractivity contribution in [2.24, 2.45) is 11.8 Å². The predicted molar refractivity (Wildman–Crippen MR) is 76.8 cm³/mol. The Morgan fingerprint density at radius 3 is 2.67 bits per heavy atom. The highest BCUT2D eigenvalue weighted by atomic mass is 15.2. The molecule has 2 nitrogen and oxygen atoms in total. The van der Waals surface area contributed by atoms with Gasteiger partial charge in [0.1, 0.15) is 0 Å². The molecule has 2 aliphatic carbocycles. The molecular weight excluding hydrogens is 220 g/mol. The van der Waals surface area contributed by atoms with Crippen LogP contribution in [-0.4, -0.2) is 36.6 Å². The van der Waals surface area contributed by atoms with E-state index in [0.717, 1.165) is 11.8 Å². The van der Waals surface area contributed by atoms with Crippen molar-refractivity contribution in [2.75, 3.05) is 26.2 Å². The van der Waals surface area contributed by atoms with Crippen LogP contribution < -0.4 is 5.32 Å². The van der Waals surface area contributed by atoms with Crippen molar-refractivity contribution in [1.29, 1.82) is 0 Å². The van der Waals surface area contributed by atoms with Crippen molar-refractivity contribution in [3.05, 3.63) is 0 Å². The van der Waals surface area contributed by atoms with E-state index in [0.29, 0.717) is 5.54 Å². The van der Waals surface area contributed by atoms with Gasteiger partial charge in [0, 0.05) is 31.7 Å². The highest BCUT2D eigenvalue weighted by molar-refractivity contribution is 4.97. The van der Waals surface area contributed by atoms with Crippen LogP contribution in [0.5, 0.6) is 0 Å². The molecule has 2 heteroatoms. The van der Waals surface area contributed by atoms with Gasteiger partial charge in [0.25, 0.3) is 0 Å². The molecule has 1 heterocycles. The van der Waals surface area contributed by atoms with Gasteiger partial charge < -0.3 is 5.32 Å². The van der Waals surface area contributed by atoms with Crippen molar-refractivity contribution >= 4 is 0 Å². The number of nitrogens with zero attached hydrogens (tertiary/aromatic N) is 1. The first kappa shape index (κ1) is 12.9. The smallest absolute Gasteiger partial charge is 0.0309 e. The van der Waals surface area contributed by atoms with E-state index in [-0.39, 0.29) is 0 Å². The minimum absolute atomic E-state index is 0.498. The monoisotopic (exact) mass is 250 g/mol. The summed E-state index contributed by atoms with van der Waals surface area (Å²) >= 11 is 0. The third-order valence-corrected chi connectivity index (χ3v) is 5.80. The average Bonchev–Trinajstić information content (AvgIpc) is 2.76. The normalized spacial score (nSPS) is 37.2. The highest BCUT2D eigenvalue weighted by Gasteiger charge is 2.37. The fourth-order valence-corrected chi connectivity index (χ4v) is 4.59. The molecule has 3 rings (SSSR count). The summed E-state index contributed by atoms with van der Waals surface area (Å²) in [5.74, 6) is 1.96. The van der Waals surface area contributed by atoms with Crippen molar-refractivity contribution in [2.45, 2.75) is 63.8 Å². The van der Waals surface area contributed by atoms with Gasteiger partial charge >= 0.3 is 0 Å². The summed E-state index contributed by atoms with van der Waals surface area (Å²) in [4.78, 5) is 2.79. The number of rotatable bonds is 2. The maximum absolute atomic E-state index is 3.86. The number of piperazine rings is 1. The fourth-order valence-electron chi connectivity index (χ4n) is 4.59. The molecule has 1 N–H and O–H groups in total. The predicted octanol–water partition coefficient (Wildman–Crippen LogP) is 3.03. The standard InChI is InChI=1S/C16H30N2/c1-14-6-5-7-15(14)12-18-11-10-17-16(13-18)8-3-2-4-9-16/h14-15,17H,2-13H2,1H3. The van der Waals surface area contributed by atoms with Gasteiger partial charge in [0.15, 0.2) is 0 Å². The van der Waals surface area contributed by atoms with E-state index >= 15 is 0 Å². The van der Waals surface area contributed by atoms with Crippen LogP contribution in [0.15, 0.2) is 0 Å². The summed E-state index contributed by atoms with van der Waals surface area (Å²) in [6.45, 7) is 7.68. The van der Waals surface area contributed by atoms with Gasteiger partial charge in [-0.25, -0.2) is 0 Å². The average molecular weight is 250 g/mol. The lowest BCUT2D eigenvalue weighted by atomic mass is 9.80. The molecule has 0 amide bonds. The van der Waals surface area contributed by atoms with Crippen molar-refractivity contribution in [1.82, 2.24) is 10.2 Å². The molecule has 3 fully saturated rings. The molecule has 0 aromatic carbocycles. The van der Waals surface area contributed by atoms with Gasteiger partial charge in [0.2, 0.25) is 0 Å². The van der Waals surface area contributed by atoms with Gasteiger partial charge in [0.05, 0.1) is 0 Å². The molecule has 2 saturated carbocycles. The van der Waals surface area contributed by atoms with Crippen LogP contribution in [0.2, 0.25) is 0 Å². The Kier molecular flexibility index (Phi) is 3.95. The van der Waals surface area contributed by atoms with Gasteiger partial charge in [-0.1, -0.05) is 39.0 Å². The second-order valence-corrected chi connectivity index (χ2v) is 7.17. The van der Waals surface area contributed by atoms with E-state index in [1.807, 2.05) is 0 Å². The molecule has 104 valence electrons. The molecule has 1 spiro atoms. The first-order valence-electron chi connectivity index (χ1n) is 8.25. The molecule has 2 unspecified atom stereocenters. The van der Waals surface area contributed by atoms with Crippen LogP contribution in [0.3, 0.4) is 0 Å². The second-order valence-electron chi connectivity index (χ2n) is 7.17. The van der Waals surface area contributed by atoms with E-state index in [2.05, 4.69) is 17.1 Å². The third kappa shape index (κ3) is 2.75. The largest absolute Gasteiger partial charge is 0.309 e. The summed E-state index contributed by atoms with van der Waals surface area (Å²) in [5, 5.41) is 3.86. The highest BCUT2D eigenvalue weighted by Crippen LogP contribution is 2.34. The fraction of sp³-hybridized carbons (Fsp3) is 1.00. The van der Waals surface area contributed by atoms with E-state index in [1.54, 1.807) is 0 Å². The first-order chi connectivity index (χ1) is 8.77. The zero-order valence-corrected chi connectivity index (χ0v) is 12.1. The quantitative estimate of drug-likeness (QED) is 0.810. The van der Waals surface area contributed by atoms with Gasteiger partial charge in [-0.15, -0.1) is 0 Å². The second kappa shape index (κ2) is 5.50. The van der Waals surface area contributed by atoms with Crippen LogP contribution in [-0.2, 0) is 0 Å². The number of hydrogen-bond donors (Lipinski definition) is 1. The minimum atomic E-state index is 0.498. The zero-order valence-electron chi connectivity index (χ0n) is 12.1. The Balaban J connectivity index is 1.56. The van der Waals surface area contributed by atoms with Crippen molar-refractivity contribution < 1.29 is 0 Å². The Morgan fingerprint density at radius 2 is 1.94 bits per heavy atom. The first-order valence-corrected chi connectivity index (χ1v) is 8.25. The van der Waals surface area contributed by atoms with E-state index in [1.165, 1.54) is 77.5 Å². The van der Waals surface area contributed by atoms with Crippen molar-refractivity contribution in [3.63, 3.8) is 0 Å². The Morgan fingerprint density at radius 1 is 1.11 bits per heavy atom. The molecule has 3 aliphatic rings. The molecule has 1 aliphatic heterocycles. The van der Waals surface area contributed by atoms with Crippen LogP contribution in [0.1, 0.15) is 58.3 Å². The van der Waals surface area contributed by atoms with Crippen LogP contribution in [0.4, 0.5) is 0 Å². The van der Waals surface area contributed by atoms with Crippen LogP contribution in [0, 0.1) is 11.8 Å². The molecule has 0 bridgehead atoms. The molecule has 18 heavy (non-hydrogen) atoms. The number of hydrogen-bond acceptors (Lipinski definition) is 2. The van der Waals surface area contributed by atoms with Crippen LogP contribution in [0.25, 0.3) is 0 Å². The van der Waals surface area contributed by atoms with Gasteiger partial charge in [-0.05, 0) is 31.1 Å².